The van der Waals surface area contributed by atoms with Gasteiger partial charge in [-0.05, 0) is 17.9 Å². The number of aromatic nitrogens is 3. The van der Waals surface area contributed by atoms with Crippen molar-refractivity contribution >= 4 is 51.7 Å². The van der Waals surface area contributed by atoms with Gasteiger partial charge in [-0.15, -0.1) is 0 Å². The largest absolute Gasteiger partial charge is 0.495 e. The van der Waals surface area contributed by atoms with E-state index in [0.717, 1.165) is 24.0 Å². The van der Waals surface area contributed by atoms with Crippen LogP contribution in [-0.2, 0) is 4.74 Å². The molecule has 1 N–H and O–H groups in total. The zero-order chi connectivity index (χ0) is 25.8. The van der Waals surface area contributed by atoms with Crippen LogP contribution in [0.5, 0.6) is 11.5 Å². The van der Waals surface area contributed by atoms with E-state index in [0.29, 0.717) is 56.9 Å². The number of benzene rings is 1. The van der Waals surface area contributed by atoms with Gasteiger partial charge in [-0.2, -0.15) is 0 Å². The number of hydrazine groups is 1. The van der Waals surface area contributed by atoms with Crippen molar-refractivity contribution in [1.82, 2.24) is 25.4 Å². The molecule has 12 heteroatoms. The fourth-order valence-electron chi connectivity index (χ4n) is 3.93. The minimum Gasteiger partial charge on any atom is -0.495 e. The maximum atomic E-state index is 6.72. The van der Waals surface area contributed by atoms with E-state index in [2.05, 4.69) is 21.5 Å². The molecule has 9 nitrogen and oxygen atoms in total. The summed E-state index contributed by atoms with van der Waals surface area (Å²) in [5.74, 6) is 1.57. The standard InChI is InChI=1S/C24H28Cl2N6O3S/c1-31(12-14-10-28-32(13-14)6-7-33-2)23-22-15(11-27-24(30-22)36-5)8-16(29-23)19-20(25)17(34-3)9-18(35-4)21(19)26/h8-9,11,13,28H,6-7,10,12H2,1-5H3. The number of fused-ring (bicyclic) bond motifs is 1. The Morgan fingerprint density at radius 3 is 2.47 bits per heavy atom. The summed E-state index contributed by atoms with van der Waals surface area (Å²) < 4.78 is 16.1. The highest BCUT2D eigenvalue weighted by Gasteiger charge is 2.23. The molecule has 1 aliphatic heterocycles. The van der Waals surface area contributed by atoms with Crippen molar-refractivity contribution in [2.24, 2.45) is 0 Å². The monoisotopic (exact) mass is 550 g/mol. The van der Waals surface area contributed by atoms with E-state index in [1.807, 2.05) is 24.4 Å². The maximum absolute atomic E-state index is 6.72. The molecule has 2 aromatic heterocycles. The van der Waals surface area contributed by atoms with Crippen LogP contribution in [0.1, 0.15) is 0 Å². The molecule has 0 unspecified atom stereocenters. The van der Waals surface area contributed by atoms with Crippen molar-refractivity contribution in [3.8, 4) is 22.8 Å². The lowest BCUT2D eigenvalue weighted by Crippen LogP contribution is -2.32. The van der Waals surface area contributed by atoms with Crippen LogP contribution in [0.15, 0.2) is 35.3 Å². The van der Waals surface area contributed by atoms with Gasteiger partial charge in [-0.25, -0.2) is 20.4 Å². The summed E-state index contributed by atoms with van der Waals surface area (Å²) in [5, 5.41) is 4.21. The lowest BCUT2D eigenvalue weighted by atomic mass is 10.1. The number of rotatable bonds is 10. The Balaban J connectivity index is 1.82. The summed E-state index contributed by atoms with van der Waals surface area (Å²) in [6, 6.07) is 3.54. The molecule has 4 rings (SSSR count). The summed E-state index contributed by atoms with van der Waals surface area (Å²) in [5.41, 5.74) is 6.38. The molecule has 0 saturated carbocycles. The Morgan fingerprint density at radius 1 is 1.11 bits per heavy atom. The Hall–Kier alpha value is -2.50. The summed E-state index contributed by atoms with van der Waals surface area (Å²) >= 11 is 14.9. The first-order chi connectivity index (χ1) is 17.4. The van der Waals surface area contributed by atoms with Crippen LogP contribution in [0.3, 0.4) is 0 Å². The number of nitrogens with one attached hydrogen (secondary N) is 1. The number of hydrogen-bond donors (Lipinski definition) is 1. The van der Waals surface area contributed by atoms with Gasteiger partial charge >= 0.3 is 0 Å². The molecule has 0 radical (unpaired) electrons. The highest BCUT2D eigenvalue weighted by atomic mass is 35.5. The number of thioether (sulfide) groups is 1. The molecule has 0 bridgehead atoms. The molecule has 36 heavy (non-hydrogen) atoms. The fourth-order valence-corrected chi connectivity index (χ4v) is 4.97. The predicted octanol–water partition coefficient (Wildman–Crippen LogP) is 4.52. The van der Waals surface area contributed by atoms with Gasteiger partial charge in [0.25, 0.3) is 0 Å². The van der Waals surface area contributed by atoms with Gasteiger partial charge in [0.05, 0.1) is 43.1 Å². The molecule has 0 amide bonds. The highest BCUT2D eigenvalue weighted by molar-refractivity contribution is 7.98. The third-order valence-corrected chi connectivity index (χ3v) is 7.04. The zero-order valence-corrected chi connectivity index (χ0v) is 23.1. The van der Waals surface area contributed by atoms with Crippen molar-refractivity contribution in [3.05, 3.63) is 40.1 Å². The van der Waals surface area contributed by atoms with E-state index < -0.39 is 0 Å². The lowest BCUT2D eigenvalue weighted by molar-refractivity contribution is 0.155. The lowest BCUT2D eigenvalue weighted by Gasteiger charge is -2.22. The van der Waals surface area contributed by atoms with Gasteiger partial charge in [0.15, 0.2) is 11.0 Å². The van der Waals surface area contributed by atoms with Gasteiger partial charge in [-0.1, -0.05) is 35.0 Å². The number of nitrogens with zero attached hydrogens (tertiary/aromatic N) is 5. The second-order valence-electron chi connectivity index (χ2n) is 8.07. The number of hydrogen-bond acceptors (Lipinski definition) is 10. The molecule has 0 fully saturated rings. The third kappa shape index (κ3) is 5.42. The Labute approximate surface area is 224 Å². The topological polar surface area (TPSA) is 84.9 Å². The highest BCUT2D eigenvalue weighted by Crippen LogP contribution is 2.46. The van der Waals surface area contributed by atoms with Gasteiger partial charge in [0.1, 0.15) is 17.0 Å². The second kappa shape index (κ2) is 11.7. The van der Waals surface area contributed by atoms with E-state index in [1.54, 1.807) is 33.6 Å². The molecule has 1 aromatic carbocycles. The number of pyridine rings is 1. The molecule has 192 valence electrons. The number of halogens is 2. The first-order valence-electron chi connectivity index (χ1n) is 11.1. The predicted molar refractivity (Wildman–Crippen MR) is 146 cm³/mol. The van der Waals surface area contributed by atoms with Crippen molar-refractivity contribution < 1.29 is 14.2 Å². The summed E-state index contributed by atoms with van der Waals surface area (Å²) in [7, 11) is 6.77. The summed E-state index contributed by atoms with van der Waals surface area (Å²) in [6.45, 7) is 2.78. The van der Waals surface area contributed by atoms with Crippen molar-refractivity contribution in [1.29, 1.82) is 0 Å². The Kier molecular flexibility index (Phi) is 8.63. The van der Waals surface area contributed by atoms with E-state index >= 15 is 0 Å². The Morgan fingerprint density at radius 2 is 1.83 bits per heavy atom. The number of anilines is 1. The van der Waals surface area contributed by atoms with Crippen LogP contribution in [0.25, 0.3) is 22.2 Å². The van der Waals surface area contributed by atoms with Crippen LogP contribution in [-0.4, -0.2) is 80.8 Å². The van der Waals surface area contributed by atoms with Gasteiger partial charge < -0.3 is 24.1 Å². The molecule has 3 heterocycles. The maximum Gasteiger partial charge on any atom is 0.187 e. The average molecular weight is 552 g/mol. The molecule has 0 spiro atoms. The fraction of sp³-hybridized carbons (Fsp3) is 0.375. The smallest absolute Gasteiger partial charge is 0.187 e. The minimum atomic E-state index is 0.349. The van der Waals surface area contributed by atoms with Crippen LogP contribution in [0.2, 0.25) is 10.0 Å². The van der Waals surface area contributed by atoms with Crippen LogP contribution >= 0.6 is 35.0 Å². The molecular formula is C24H28Cl2N6O3S. The zero-order valence-electron chi connectivity index (χ0n) is 20.8. The van der Waals surface area contributed by atoms with Crippen molar-refractivity contribution in [2.45, 2.75) is 5.16 Å². The van der Waals surface area contributed by atoms with E-state index in [1.165, 1.54) is 17.3 Å². The molecule has 1 aliphatic rings. The number of methoxy groups -OCH3 is 3. The first kappa shape index (κ1) is 26.6. The van der Waals surface area contributed by atoms with Crippen LogP contribution in [0.4, 0.5) is 5.82 Å². The van der Waals surface area contributed by atoms with Crippen molar-refractivity contribution in [3.63, 3.8) is 0 Å². The molecule has 3 aromatic rings. The molecule has 0 atom stereocenters. The Bertz CT molecular complexity index is 1260. The first-order valence-corrected chi connectivity index (χ1v) is 13.1. The van der Waals surface area contributed by atoms with E-state index in [-0.39, 0.29) is 0 Å². The molecular weight excluding hydrogens is 523 g/mol. The number of ether oxygens (including phenoxy) is 3. The molecule has 0 saturated heterocycles. The second-order valence-corrected chi connectivity index (χ2v) is 9.60. The minimum absolute atomic E-state index is 0.349. The SMILES string of the molecule is COCCN1C=C(CN(C)c2nc(-c3c(Cl)c(OC)cc(OC)c3Cl)cc3cnc(SC)nc23)CN1. The third-order valence-electron chi connectivity index (χ3n) is 5.72. The van der Waals surface area contributed by atoms with Gasteiger partial charge in [0, 0.05) is 56.7 Å². The normalized spacial score (nSPS) is 13.3. The van der Waals surface area contributed by atoms with Crippen LogP contribution in [0, 0.1) is 0 Å². The summed E-state index contributed by atoms with van der Waals surface area (Å²) in [4.78, 5) is 16.3. The van der Waals surface area contributed by atoms with Gasteiger partial charge in [-0.3, -0.25) is 0 Å². The molecule has 0 aliphatic carbocycles. The van der Waals surface area contributed by atoms with E-state index in [4.69, 9.17) is 47.4 Å². The number of likely N-dealkylation sites (N-methyl/N-ethyl adjacent to an activating group) is 1. The average Bonchev–Trinajstić information content (AvgIpc) is 3.33. The quantitative estimate of drug-likeness (QED) is 0.287. The van der Waals surface area contributed by atoms with Crippen molar-refractivity contribution in [2.75, 3.05) is 65.8 Å². The van der Waals surface area contributed by atoms with Gasteiger partial charge in [0.2, 0.25) is 0 Å². The van der Waals surface area contributed by atoms with Crippen LogP contribution < -0.4 is 19.8 Å². The summed E-state index contributed by atoms with van der Waals surface area (Å²) in [6.07, 6.45) is 5.83. The van der Waals surface area contributed by atoms with E-state index in [9.17, 15) is 0 Å².